The molecule has 1 atom stereocenters. The van der Waals surface area contributed by atoms with Crippen molar-refractivity contribution in [2.24, 2.45) is 0 Å². The molecule has 4 nitrogen and oxygen atoms in total. The number of esters is 1. The fourth-order valence-corrected chi connectivity index (χ4v) is 3.00. The number of nitrogens with zero attached hydrogens (tertiary/aromatic N) is 1. The van der Waals surface area contributed by atoms with Crippen molar-refractivity contribution in [3.05, 3.63) is 28.7 Å². The van der Waals surface area contributed by atoms with E-state index >= 15 is 0 Å². The lowest BCUT2D eigenvalue weighted by atomic mass is 9.98. The van der Waals surface area contributed by atoms with Crippen LogP contribution in [0.4, 0.5) is 5.69 Å². The Hall–Kier alpha value is -1.07. The van der Waals surface area contributed by atoms with E-state index in [0.29, 0.717) is 12.6 Å². The second kappa shape index (κ2) is 6.14. The van der Waals surface area contributed by atoms with Gasteiger partial charge in [-0.1, -0.05) is 12.1 Å². The predicted octanol–water partition coefficient (Wildman–Crippen LogP) is 2.89. The standard InChI is InChI=1S/C15H21BrN2O2/c1-11(2)18-9-8-15(10-18,14(19)20-3)17-13-7-5-4-6-12(13)16/h4-7,11,17H,8-10H2,1-3H3. The van der Waals surface area contributed by atoms with Crippen molar-refractivity contribution in [1.29, 1.82) is 0 Å². The number of carbonyl (C=O) groups excluding carboxylic acids is 1. The molecule has 5 heteroatoms. The number of benzene rings is 1. The van der Waals surface area contributed by atoms with E-state index in [1.54, 1.807) is 0 Å². The average molecular weight is 341 g/mol. The SMILES string of the molecule is COC(=O)C1(Nc2ccccc2Br)CCN(C(C)C)C1. The third kappa shape index (κ3) is 2.99. The predicted molar refractivity (Wildman–Crippen MR) is 83.8 cm³/mol. The Balaban J connectivity index is 2.26. The summed E-state index contributed by atoms with van der Waals surface area (Å²) in [6, 6.07) is 8.25. The minimum atomic E-state index is -0.664. The number of hydrogen-bond acceptors (Lipinski definition) is 4. The summed E-state index contributed by atoms with van der Waals surface area (Å²) < 4.78 is 5.98. The molecule has 0 aromatic heterocycles. The van der Waals surface area contributed by atoms with Gasteiger partial charge in [-0.3, -0.25) is 4.90 Å². The summed E-state index contributed by atoms with van der Waals surface area (Å²) in [5.74, 6) is -0.198. The Bertz CT molecular complexity index is 493. The summed E-state index contributed by atoms with van der Waals surface area (Å²) in [7, 11) is 1.45. The van der Waals surface area contributed by atoms with Gasteiger partial charge in [-0.25, -0.2) is 4.79 Å². The first-order valence-electron chi connectivity index (χ1n) is 6.84. The molecule has 1 aliphatic heterocycles. The minimum Gasteiger partial charge on any atom is -0.467 e. The van der Waals surface area contributed by atoms with E-state index < -0.39 is 5.54 Å². The van der Waals surface area contributed by atoms with Crippen molar-refractivity contribution in [3.8, 4) is 0 Å². The van der Waals surface area contributed by atoms with Crippen molar-refractivity contribution < 1.29 is 9.53 Å². The Kier molecular flexibility index (Phi) is 4.70. The van der Waals surface area contributed by atoms with Crippen LogP contribution < -0.4 is 5.32 Å². The van der Waals surface area contributed by atoms with Crippen LogP contribution in [-0.2, 0) is 9.53 Å². The van der Waals surface area contributed by atoms with Crippen LogP contribution in [0.1, 0.15) is 20.3 Å². The maximum absolute atomic E-state index is 12.3. The molecule has 1 fully saturated rings. The van der Waals surface area contributed by atoms with Crippen molar-refractivity contribution in [1.82, 2.24) is 4.90 Å². The summed E-state index contributed by atoms with van der Waals surface area (Å²) in [6.45, 7) is 5.85. The van der Waals surface area contributed by atoms with Crippen molar-refractivity contribution >= 4 is 27.6 Å². The van der Waals surface area contributed by atoms with Gasteiger partial charge >= 0.3 is 5.97 Å². The van der Waals surface area contributed by atoms with Crippen LogP contribution in [0.25, 0.3) is 0 Å². The van der Waals surface area contributed by atoms with E-state index in [0.717, 1.165) is 23.1 Å². The number of nitrogens with one attached hydrogen (secondary N) is 1. The average Bonchev–Trinajstić information content (AvgIpc) is 2.86. The van der Waals surface area contributed by atoms with Gasteiger partial charge in [0.05, 0.1) is 7.11 Å². The van der Waals surface area contributed by atoms with Gasteiger partial charge in [-0.2, -0.15) is 0 Å². The first-order valence-corrected chi connectivity index (χ1v) is 7.63. The number of ether oxygens (including phenoxy) is 1. The Labute approximate surface area is 128 Å². The molecule has 1 heterocycles. The zero-order chi connectivity index (χ0) is 14.8. The smallest absolute Gasteiger partial charge is 0.332 e. The number of para-hydroxylation sites is 1. The molecule has 0 radical (unpaired) electrons. The lowest BCUT2D eigenvalue weighted by Crippen LogP contribution is -2.50. The van der Waals surface area contributed by atoms with Gasteiger partial charge in [0.15, 0.2) is 0 Å². The van der Waals surface area contributed by atoms with Crippen LogP contribution in [0.3, 0.4) is 0 Å². The topological polar surface area (TPSA) is 41.6 Å². The third-order valence-electron chi connectivity index (χ3n) is 3.85. The van der Waals surface area contributed by atoms with E-state index in [1.807, 2.05) is 24.3 Å². The van der Waals surface area contributed by atoms with Gasteiger partial charge in [0.25, 0.3) is 0 Å². The number of anilines is 1. The highest BCUT2D eigenvalue weighted by Crippen LogP contribution is 2.32. The highest BCUT2D eigenvalue weighted by molar-refractivity contribution is 9.10. The summed E-state index contributed by atoms with van der Waals surface area (Å²) in [5.41, 5.74) is 0.256. The zero-order valence-electron chi connectivity index (χ0n) is 12.1. The lowest BCUT2D eigenvalue weighted by Gasteiger charge is -2.30. The molecule has 0 saturated carbocycles. The van der Waals surface area contributed by atoms with Gasteiger partial charge in [0.1, 0.15) is 5.54 Å². The third-order valence-corrected chi connectivity index (χ3v) is 4.54. The summed E-state index contributed by atoms with van der Waals surface area (Å²) in [5, 5.41) is 3.40. The number of likely N-dealkylation sites (tertiary alicyclic amines) is 1. The molecule has 1 aromatic carbocycles. The fourth-order valence-electron chi connectivity index (χ4n) is 2.62. The van der Waals surface area contributed by atoms with Gasteiger partial charge in [0, 0.05) is 29.3 Å². The molecular weight excluding hydrogens is 320 g/mol. The molecule has 0 bridgehead atoms. The molecule has 2 rings (SSSR count). The van der Waals surface area contributed by atoms with Gasteiger partial charge in [-0.05, 0) is 48.3 Å². The number of methoxy groups -OCH3 is 1. The van der Waals surface area contributed by atoms with Crippen molar-refractivity contribution in [2.45, 2.75) is 31.8 Å². The van der Waals surface area contributed by atoms with E-state index in [1.165, 1.54) is 7.11 Å². The van der Waals surface area contributed by atoms with Crippen LogP contribution in [0.2, 0.25) is 0 Å². The van der Waals surface area contributed by atoms with E-state index in [-0.39, 0.29) is 5.97 Å². The monoisotopic (exact) mass is 340 g/mol. The lowest BCUT2D eigenvalue weighted by molar-refractivity contribution is -0.145. The van der Waals surface area contributed by atoms with Gasteiger partial charge in [-0.15, -0.1) is 0 Å². The van der Waals surface area contributed by atoms with E-state index in [2.05, 4.69) is 40.0 Å². The molecule has 0 spiro atoms. The molecule has 1 aromatic rings. The van der Waals surface area contributed by atoms with E-state index in [4.69, 9.17) is 4.74 Å². The summed E-state index contributed by atoms with van der Waals surface area (Å²) in [6.07, 6.45) is 0.749. The second-order valence-corrected chi connectivity index (χ2v) is 6.35. The van der Waals surface area contributed by atoms with Gasteiger partial charge in [0.2, 0.25) is 0 Å². The number of carbonyl (C=O) groups is 1. The van der Waals surface area contributed by atoms with Crippen LogP contribution in [0.15, 0.2) is 28.7 Å². The van der Waals surface area contributed by atoms with E-state index in [9.17, 15) is 4.79 Å². The Morgan fingerprint density at radius 2 is 2.15 bits per heavy atom. The fraction of sp³-hybridized carbons (Fsp3) is 0.533. The molecule has 1 unspecified atom stereocenters. The molecule has 20 heavy (non-hydrogen) atoms. The summed E-state index contributed by atoms with van der Waals surface area (Å²) >= 11 is 3.51. The van der Waals surface area contributed by atoms with Crippen molar-refractivity contribution in [2.75, 3.05) is 25.5 Å². The largest absolute Gasteiger partial charge is 0.467 e. The highest BCUT2D eigenvalue weighted by Gasteiger charge is 2.46. The quantitative estimate of drug-likeness (QED) is 0.855. The first-order chi connectivity index (χ1) is 9.48. The molecule has 110 valence electrons. The number of rotatable bonds is 4. The van der Waals surface area contributed by atoms with Crippen LogP contribution in [-0.4, -0.2) is 42.6 Å². The first kappa shape index (κ1) is 15.3. The number of hydrogen-bond donors (Lipinski definition) is 1. The van der Waals surface area contributed by atoms with Crippen molar-refractivity contribution in [3.63, 3.8) is 0 Å². The number of halogens is 1. The molecule has 1 aliphatic rings. The van der Waals surface area contributed by atoms with Crippen LogP contribution >= 0.6 is 15.9 Å². The van der Waals surface area contributed by atoms with Gasteiger partial charge < -0.3 is 10.1 Å². The normalized spacial score (nSPS) is 23.1. The second-order valence-electron chi connectivity index (χ2n) is 5.49. The molecule has 0 aliphatic carbocycles. The maximum Gasteiger partial charge on any atom is 0.332 e. The Morgan fingerprint density at radius 3 is 2.70 bits per heavy atom. The highest BCUT2D eigenvalue weighted by atomic mass is 79.9. The minimum absolute atomic E-state index is 0.198. The molecule has 1 saturated heterocycles. The van der Waals surface area contributed by atoms with Crippen LogP contribution in [0, 0.1) is 0 Å². The van der Waals surface area contributed by atoms with Crippen LogP contribution in [0.5, 0.6) is 0 Å². The molecular formula is C15H21BrN2O2. The maximum atomic E-state index is 12.3. The zero-order valence-corrected chi connectivity index (χ0v) is 13.7. The molecule has 0 amide bonds. The summed E-state index contributed by atoms with van der Waals surface area (Å²) in [4.78, 5) is 14.6. The molecule has 1 N–H and O–H groups in total. The Morgan fingerprint density at radius 1 is 1.45 bits per heavy atom.